The molecule has 0 rings (SSSR count). The molecule has 0 aromatic rings. The van der Waals surface area contributed by atoms with E-state index in [1.807, 2.05) is 0 Å². The number of aliphatic hydroxyl groups excluding tert-OH is 1. The van der Waals surface area contributed by atoms with E-state index in [9.17, 15) is 4.79 Å². The van der Waals surface area contributed by atoms with E-state index in [-0.39, 0.29) is 12.6 Å². The number of esters is 1. The minimum Gasteiger partial charge on any atom is -0.468 e. The summed E-state index contributed by atoms with van der Waals surface area (Å²) < 4.78 is 4.45. The van der Waals surface area contributed by atoms with Crippen LogP contribution < -0.4 is 5.73 Å². The van der Waals surface area contributed by atoms with E-state index in [0.29, 0.717) is 12.2 Å². The van der Waals surface area contributed by atoms with Crippen molar-refractivity contribution in [2.75, 3.05) is 25.2 Å². The molecule has 0 aromatic heterocycles. The van der Waals surface area contributed by atoms with E-state index < -0.39 is 6.04 Å². The van der Waals surface area contributed by atoms with Crippen LogP contribution in [-0.2, 0) is 9.53 Å². The Bertz CT molecular complexity index is 132. The van der Waals surface area contributed by atoms with E-state index >= 15 is 0 Å². The van der Waals surface area contributed by atoms with Gasteiger partial charge in [0.05, 0.1) is 13.7 Å². The Morgan fingerprint density at radius 2 is 2.33 bits per heavy atom. The molecule has 0 heterocycles. The lowest BCUT2D eigenvalue weighted by Crippen LogP contribution is -2.32. The van der Waals surface area contributed by atoms with Crippen molar-refractivity contribution in [3.05, 3.63) is 0 Å². The number of methoxy groups -OCH3 is 1. The second kappa shape index (κ2) is 7.39. The first-order chi connectivity index (χ1) is 5.72. The number of thioether (sulfide) groups is 1. The molecule has 0 saturated heterocycles. The Labute approximate surface area is 76.5 Å². The largest absolute Gasteiger partial charge is 0.468 e. The van der Waals surface area contributed by atoms with Gasteiger partial charge in [0, 0.05) is 5.75 Å². The third kappa shape index (κ3) is 5.40. The molecular weight excluding hydrogens is 178 g/mol. The predicted molar refractivity (Wildman–Crippen MR) is 49.0 cm³/mol. The van der Waals surface area contributed by atoms with Gasteiger partial charge in [-0.25, -0.2) is 0 Å². The van der Waals surface area contributed by atoms with Crippen LogP contribution in [0.2, 0.25) is 0 Å². The van der Waals surface area contributed by atoms with Gasteiger partial charge >= 0.3 is 5.97 Å². The average molecular weight is 193 g/mol. The molecule has 0 aromatic carbocycles. The predicted octanol–water partition coefficient (Wildman–Crippen LogP) is -0.398. The summed E-state index contributed by atoms with van der Waals surface area (Å²) in [5, 5.41) is 8.44. The zero-order chi connectivity index (χ0) is 9.40. The Kier molecular flexibility index (Phi) is 7.23. The van der Waals surface area contributed by atoms with Gasteiger partial charge in [-0.05, 0) is 12.2 Å². The fourth-order valence-corrected chi connectivity index (χ4v) is 1.40. The van der Waals surface area contributed by atoms with Crippen LogP contribution in [0.5, 0.6) is 0 Å². The topological polar surface area (TPSA) is 72.5 Å². The maximum absolute atomic E-state index is 10.8. The van der Waals surface area contributed by atoms with E-state index in [1.165, 1.54) is 7.11 Å². The Morgan fingerprint density at radius 1 is 1.67 bits per heavy atom. The van der Waals surface area contributed by atoms with Crippen LogP contribution in [-0.4, -0.2) is 42.3 Å². The molecule has 0 amide bonds. The van der Waals surface area contributed by atoms with Crippen LogP contribution in [0.3, 0.4) is 0 Å². The van der Waals surface area contributed by atoms with Crippen molar-refractivity contribution in [3.8, 4) is 0 Å². The molecule has 0 saturated carbocycles. The van der Waals surface area contributed by atoms with Crippen LogP contribution in [0.25, 0.3) is 0 Å². The smallest absolute Gasteiger partial charge is 0.322 e. The normalized spacial score (nSPS) is 12.6. The lowest BCUT2D eigenvalue weighted by Gasteiger charge is -2.07. The van der Waals surface area contributed by atoms with Gasteiger partial charge in [-0.2, -0.15) is 11.8 Å². The van der Waals surface area contributed by atoms with Gasteiger partial charge in [-0.3, -0.25) is 4.79 Å². The molecule has 72 valence electrons. The summed E-state index contributed by atoms with van der Waals surface area (Å²) in [4.78, 5) is 10.8. The van der Waals surface area contributed by atoms with E-state index in [1.54, 1.807) is 11.8 Å². The monoisotopic (exact) mass is 193 g/mol. The number of carbonyl (C=O) groups is 1. The molecule has 0 bridgehead atoms. The first kappa shape index (κ1) is 11.7. The molecule has 12 heavy (non-hydrogen) atoms. The van der Waals surface area contributed by atoms with E-state index in [2.05, 4.69) is 4.74 Å². The molecule has 1 atom stereocenters. The van der Waals surface area contributed by atoms with Crippen LogP contribution in [0, 0.1) is 0 Å². The van der Waals surface area contributed by atoms with Crippen molar-refractivity contribution >= 4 is 17.7 Å². The molecule has 0 radical (unpaired) electrons. The van der Waals surface area contributed by atoms with Crippen LogP contribution in [0.4, 0.5) is 0 Å². The molecule has 3 N–H and O–H groups in total. The maximum atomic E-state index is 10.8. The van der Waals surface area contributed by atoms with Gasteiger partial charge in [0.1, 0.15) is 6.04 Å². The summed E-state index contributed by atoms with van der Waals surface area (Å²) in [6.07, 6.45) is 0.595. The fraction of sp³-hybridized carbons (Fsp3) is 0.857. The SMILES string of the molecule is COC(=O)C(N)CCSCCO. The third-order valence-corrected chi connectivity index (χ3v) is 2.31. The van der Waals surface area contributed by atoms with Gasteiger partial charge in [-0.15, -0.1) is 0 Å². The minimum absolute atomic E-state index is 0.165. The van der Waals surface area contributed by atoms with Crippen molar-refractivity contribution in [1.82, 2.24) is 0 Å². The van der Waals surface area contributed by atoms with Crippen molar-refractivity contribution in [2.24, 2.45) is 5.73 Å². The number of hydrogen-bond donors (Lipinski definition) is 2. The van der Waals surface area contributed by atoms with Crippen molar-refractivity contribution in [3.63, 3.8) is 0 Å². The Morgan fingerprint density at radius 3 is 2.83 bits per heavy atom. The van der Waals surface area contributed by atoms with E-state index in [4.69, 9.17) is 10.8 Å². The third-order valence-electron chi connectivity index (χ3n) is 1.31. The maximum Gasteiger partial charge on any atom is 0.322 e. The Hall–Kier alpha value is -0.260. The van der Waals surface area contributed by atoms with Crippen molar-refractivity contribution in [1.29, 1.82) is 0 Å². The fourth-order valence-electron chi connectivity index (χ4n) is 0.646. The van der Waals surface area contributed by atoms with Crippen molar-refractivity contribution < 1.29 is 14.6 Å². The molecule has 0 spiro atoms. The van der Waals surface area contributed by atoms with Crippen molar-refractivity contribution in [2.45, 2.75) is 12.5 Å². The van der Waals surface area contributed by atoms with E-state index in [0.717, 1.165) is 5.75 Å². The summed E-state index contributed by atoms with van der Waals surface area (Å²) in [6, 6.07) is -0.527. The summed E-state index contributed by atoms with van der Waals surface area (Å²) in [5.74, 6) is 1.09. The molecular formula is C7H15NO3S. The highest BCUT2D eigenvalue weighted by molar-refractivity contribution is 7.99. The summed E-state index contributed by atoms with van der Waals surface area (Å²) in [7, 11) is 1.32. The van der Waals surface area contributed by atoms with Gasteiger partial charge in [0.15, 0.2) is 0 Å². The molecule has 0 aliphatic carbocycles. The molecule has 4 nitrogen and oxygen atoms in total. The van der Waals surface area contributed by atoms with Gasteiger partial charge in [-0.1, -0.05) is 0 Å². The lowest BCUT2D eigenvalue weighted by atomic mass is 10.2. The summed E-state index contributed by atoms with van der Waals surface area (Å²) in [5.41, 5.74) is 5.46. The highest BCUT2D eigenvalue weighted by Gasteiger charge is 2.12. The second-order valence-electron chi connectivity index (χ2n) is 2.25. The standard InChI is InChI=1S/C7H15NO3S/c1-11-7(10)6(8)2-4-12-5-3-9/h6,9H,2-5,8H2,1H3. The molecule has 0 aliphatic rings. The quantitative estimate of drug-likeness (QED) is 0.443. The Balaban J connectivity index is 3.31. The number of rotatable bonds is 6. The van der Waals surface area contributed by atoms with Crippen LogP contribution in [0.15, 0.2) is 0 Å². The molecule has 0 aliphatic heterocycles. The minimum atomic E-state index is -0.527. The molecule has 5 heteroatoms. The zero-order valence-electron chi connectivity index (χ0n) is 7.16. The van der Waals surface area contributed by atoms with Crippen LogP contribution >= 0.6 is 11.8 Å². The zero-order valence-corrected chi connectivity index (χ0v) is 7.97. The van der Waals surface area contributed by atoms with Gasteiger partial charge in [0.25, 0.3) is 0 Å². The average Bonchev–Trinajstić information content (AvgIpc) is 2.10. The first-order valence-corrected chi connectivity index (χ1v) is 4.90. The summed E-state index contributed by atoms with van der Waals surface area (Å²) in [6.45, 7) is 0.165. The highest BCUT2D eigenvalue weighted by atomic mass is 32.2. The number of aliphatic hydroxyl groups is 1. The second-order valence-corrected chi connectivity index (χ2v) is 3.48. The van der Waals surface area contributed by atoms with Gasteiger partial charge in [0.2, 0.25) is 0 Å². The van der Waals surface area contributed by atoms with Gasteiger partial charge < -0.3 is 15.6 Å². The van der Waals surface area contributed by atoms with Crippen LogP contribution in [0.1, 0.15) is 6.42 Å². The summed E-state index contributed by atoms with van der Waals surface area (Å²) >= 11 is 1.57. The number of ether oxygens (including phenoxy) is 1. The molecule has 1 unspecified atom stereocenters. The highest BCUT2D eigenvalue weighted by Crippen LogP contribution is 2.03. The first-order valence-electron chi connectivity index (χ1n) is 3.74. The molecule has 0 fully saturated rings. The number of nitrogens with two attached hydrogens (primary N) is 1. The number of carbonyl (C=O) groups excluding carboxylic acids is 1. The number of hydrogen-bond acceptors (Lipinski definition) is 5. The lowest BCUT2D eigenvalue weighted by molar-refractivity contribution is -0.142.